The Morgan fingerprint density at radius 3 is 2.70 bits per heavy atom. The molecule has 0 radical (unpaired) electrons. The monoisotopic (exact) mass is 425 g/mol. The topological polar surface area (TPSA) is 77.8 Å². The van der Waals surface area contributed by atoms with E-state index in [1.807, 2.05) is 10.6 Å². The lowest BCUT2D eigenvalue weighted by Gasteiger charge is -2.17. The number of rotatable bonds is 4. The molecule has 1 atom stereocenters. The van der Waals surface area contributed by atoms with Gasteiger partial charge in [0.15, 0.2) is 5.75 Å². The third-order valence-electron chi connectivity index (χ3n) is 6.04. The second kappa shape index (κ2) is 7.25. The molecule has 7 heteroatoms. The number of pyridine rings is 1. The molecule has 2 aliphatic carbocycles. The molecule has 2 heterocycles. The molecule has 1 N–H and O–H groups in total. The molecule has 3 aromatic rings. The first-order valence-corrected chi connectivity index (χ1v) is 11.0. The van der Waals surface area contributed by atoms with Gasteiger partial charge in [0, 0.05) is 27.6 Å². The largest absolute Gasteiger partial charge is 0.494 e. The minimum Gasteiger partial charge on any atom is -0.494 e. The summed E-state index contributed by atoms with van der Waals surface area (Å²) in [5.41, 5.74) is 2.31. The van der Waals surface area contributed by atoms with Gasteiger partial charge in [0.25, 0.3) is 0 Å². The molecule has 0 bridgehead atoms. The molecule has 0 saturated heterocycles. The summed E-state index contributed by atoms with van der Waals surface area (Å²) in [6.07, 6.45) is 5.93. The Labute approximate surface area is 177 Å². The van der Waals surface area contributed by atoms with Crippen molar-refractivity contribution in [3.05, 3.63) is 50.6 Å². The third-order valence-corrected chi connectivity index (χ3v) is 7.29. The number of fused-ring (bicyclic) bond motifs is 2. The van der Waals surface area contributed by atoms with Crippen LogP contribution in [0.1, 0.15) is 58.6 Å². The fraction of sp³-hybridized carbons (Fsp3) is 0.391. The van der Waals surface area contributed by atoms with Crippen molar-refractivity contribution in [2.75, 3.05) is 14.2 Å². The second-order valence-electron chi connectivity index (χ2n) is 7.94. The van der Waals surface area contributed by atoms with Crippen molar-refractivity contribution >= 4 is 28.2 Å². The van der Waals surface area contributed by atoms with Gasteiger partial charge < -0.3 is 19.1 Å². The molecular weight excluding hydrogens is 402 g/mol. The molecule has 0 amide bonds. The molecule has 0 spiro atoms. The predicted octanol–water partition coefficient (Wildman–Crippen LogP) is 4.23. The summed E-state index contributed by atoms with van der Waals surface area (Å²) < 4.78 is 12.7. The standard InChI is InChI=1S/C23H23NO5S/c1-28-22-13(19-10-15-17(25)4-3-5-18(15)30-19)8-9-14-20(22)24(12-6-7-12)11-16(21(14)26)23(27)29-2/h8-12,17,25H,3-7H2,1-2H3. The van der Waals surface area contributed by atoms with Crippen LogP contribution in [0.4, 0.5) is 0 Å². The first-order valence-electron chi connectivity index (χ1n) is 10.2. The van der Waals surface area contributed by atoms with Crippen LogP contribution in [0.15, 0.2) is 29.2 Å². The minimum atomic E-state index is -0.626. The van der Waals surface area contributed by atoms with E-state index in [4.69, 9.17) is 9.47 Å². The number of nitrogens with zero attached hydrogens (tertiary/aromatic N) is 1. The minimum absolute atomic E-state index is 0.0430. The Morgan fingerprint density at radius 2 is 2.03 bits per heavy atom. The van der Waals surface area contributed by atoms with Gasteiger partial charge in [-0.3, -0.25) is 4.79 Å². The van der Waals surface area contributed by atoms with Crippen LogP contribution in [0.3, 0.4) is 0 Å². The summed E-state index contributed by atoms with van der Waals surface area (Å²) in [5.74, 6) is 0.000246. The fourth-order valence-corrected chi connectivity index (χ4v) is 5.66. The summed E-state index contributed by atoms with van der Waals surface area (Å²) in [7, 11) is 2.89. The van der Waals surface area contributed by atoms with Crippen molar-refractivity contribution in [1.82, 2.24) is 4.57 Å². The number of aryl methyl sites for hydroxylation is 1. The average molecular weight is 426 g/mol. The van der Waals surface area contributed by atoms with Crippen molar-refractivity contribution in [2.45, 2.75) is 44.2 Å². The molecule has 1 aromatic carbocycles. The van der Waals surface area contributed by atoms with Crippen molar-refractivity contribution in [3.63, 3.8) is 0 Å². The van der Waals surface area contributed by atoms with Crippen LogP contribution in [0, 0.1) is 0 Å². The molecule has 1 saturated carbocycles. The van der Waals surface area contributed by atoms with Gasteiger partial charge in [-0.1, -0.05) is 0 Å². The number of aliphatic hydroxyl groups is 1. The lowest BCUT2D eigenvalue weighted by molar-refractivity contribution is 0.0598. The number of hydrogen-bond acceptors (Lipinski definition) is 6. The van der Waals surface area contributed by atoms with E-state index < -0.39 is 12.1 Å². The zero-order valence-corrected chi connectivity index (χ0v) is 17.8. The number of methoxy groups -OCH3 is 2. The van der Waals surface area contributed by atoms with Crippen molar-refractivity contribution in [2.24, 2.45) is 0 Å². The van der Waals surface area contributed by atoms with Gasteiger partial charge in [-0.2, -0.15) is 0 Å². The molecule has 30 heavy (non-hydrogen) atoms. The molecule has 0 aliphatic heterocycles. The Bertz CT molecular complexity index is 1220. The van der Waals surface area contributed by atoms with Crippen LogP contribution in [-0.2, 0) is 11.2 Å². The molecular formula is C23H23NO5S. The molecule has 156 valence electrons. The maximum atomic E-state index is 13.0. The molecule has 1 fully saturated rings. The van der Waals surface area contributed by atoms with E-state index in [1.165, 1.54) is 12.0 Å². The number of benzene rings is 1. The highest BCUT2D eigenvalue weighted by Crippen LogP contribution is 2.46. The van der Waals surface area contributed by atoms with Crippen LogP contribution < -0.4 is 10.2 Å². The van der Waals surface area contributed by atoms with Gasteiger partial charge in [-0.05, 0) is 55.9 Å². The summed E-state index contributed by atoms with van der Waals surface area (Å²) in [5, 5.41) is 10.8. The molecule has 2 aliphatic rings. The van der Waals surface area contributed by atoms with Gasteiger partial charge in [0.05, 0.1) is 31.2 Å². The Hall–Kier alpha value is -2.64. The van der Waals surface area contributed by atoms with Gasteiger partial charge in [0.2, 0.25) is 5.43 Å². The highest BCUT2D eigenvalue weighted by molar-refractivity contribution is 7.15. The second-order valence-corrected chi connectivity index (χ2v) is 9.08. The molecule has 2 aromatic heterocycles. The van der Waals surface area contributed by atoms with Gasteiger partial charge >= 0.3 is 5.97 Å². The number of carbonyl (C=O) groups is 1. The lowest BCUT2D eigenvalue weighted by Crippen LogP contribution is -2.20. The smallest absolute Gasteiger partial charge is 0.343 e. The van der Waals surface area contributed by atoms with E-state index in [1.54, 1.807) is 30.7 Å². The predicted molar refractivity (Wildman–Crippen MR) is 116 cm³/mol. The number of carbonyl (C=O) groups excluding carboxylic acids is 1. The van der Waals surface area contributed by atoms with Crippen LogP contribution >= 0.6 is 11.3 Å². The van der Waals surface area contributed by atoms with E-state index in [0.29, 0.717) is 16.7 Å². The summed E-state index contributed by atoms with van der Waals surface area (Å²) >= 11 is 1.67. The first kappa shape index (κ1) is 19.3. The summed E-state index contributed by atoms with van der Waals surface area (Å²) in [4.78, 5) is 27.4. The lowest BCUT2D eigenvalue weighted by atomic mass is 9.95. The number of thiophene rings is 1. The van der Waals surface area contributed by atoms with Crippen LogP contribution in [-0.4, -0.2) is 29.9 Å². The maximum Gasteiger partial charge on any atom is 0.343 e. The Morgan fingerprint density at radius 1 is 1.23 bits per heavy atom. The van der Waals surface area contributed by atoms with Gasteiger partial charge in [0.1, 0.15) is 5.56 Å². The van der Waals surface area contributed by atoms with Crippen molar-refractivity contribution in [3.8, 4) is 16.2 Å². The highest BCUT2D eigenvalue weighted by atomic mass is 32.1. The highest BCUT2D eigenvalue weighted by Gasteiger charge is 2.30. The number of aliphatic hydroxyl groups excluding tert-OH is 1. The van der Waals surface area contributed by atoms with Gasteiger partial charge in [-0.25, -0.2) is 4.79 Å². The van der Waals surface area contributed by atoms with Crippen LogP contribution in [0.2, 0.25) is 0 Å². The van der Waals surface area contributed by atoms with Gasteiger partial charge in [-0.15, -0.1) is 11.3 Å². The van der Waals surface area contributed by atoms with Crippen LogP contribution in [0.5, 0.6) is 5.75 Å². The molecule has 5 rings (SSSR count). The number of hydrogen-bond donors (Lipinski definition) is 1. The number of esters is 1. The van der Waals surface area contributed by atoms with E-state index in [2.05, 4.69) is 6.07 Å². The first-order chi connectivity index (χ1) is 14.5. The normalized spacial score (nSPS) is 18.3. The summed E-state index contributed by atoms with van der Waals surface area (Å²) in [6.45, 7) is 0. The number of aromatic nitrogens is 1. The molecule has 1 unspecified atom stereocenters. The van der Waals surface area contributed by atoms with Crippen molar-refractivity contribution < 1.29 is 19.4 Å². The zero-order chi connectivity index (χ0) is 21.0. The van der Waals surface area contributed by atoms with E-state index >= 15 is 0 Å². The zero-order valence-electron chi connectivity index (χ0n) is 16.9. The Kier molecular flexibility index (Phi) is 4.67. The van der Waals surface area contributed by atoms with E-state index in [-0.39, 0.29) is 17.0 Å². The van der Waals surface area contributed by atoms with Crippen molar-refractivity contribution in [1.29, 1.82) is 0 Å². The summed E-state index contributed by atoms with van der Waals surface area (Å²) in [6, 6.07) is 5.94. The quantitative estimate of drug-likeness (QED) is 0.633. The molecule has 6 nitrogen and oxygen atoms in total. The SMILES string of the molecule is COC(=O)c1cn(C2CC2)c2c(OC)c(-c3cc4c(s3)CCCC4O)ccc2c1=O. The van der Waals surface area contributed by atoms with E-state index in [0.717, 1.165) is 48.1 Å². The maximum absolute atomic E-state index is 13.0. The Balaban J connectivity index is 1.77. The van der Waals surface area contributed by atoms with Crippen LogP contribution in [0.25, 0.3) is 21.3 Å². The average Bonchev–Trinajstić information content (AvgIpc) is 3.50. The fourth-order valence-electron chi connectivity index (χ4n) is 4.38. The number of ether oxygens (including phenoxy) is 2. The van der Waals surface area contributed by atoms with E-state index in [9.17, 15) is 14.7 Å². The third kappa shape index (κ3) is 2.96.